The summed E-state index contributed by atoms with van der Waals surface area (Å²) in [5.74, 6) is 0.988. The van der Waals surface area contributed by atoms with E-state index in [1.807, 2.05) is 6.92 Å². The molecule has 2 aromatic rings. The molecule has 5 nitrogen and oxygen atoms in total. The Labute approximate surface area is 100 Å². The van der Waals surface area contributed by atoms with Crippen LogP contribution in [0.15, 0.2) is 18.6 Å². The Bertz CT molecular complexity index is 462. The zero-order valence-corrected chi connectivity index (χ0v) is 10.1. The van der Waals surface area contributed by atoms with Gasteiger partial charge in [-0.3, -0.25) is 4.98 Å². The van der Waals surface area contributed by atoms with E-state index >= 15 is 0 Å². The van der Waals surface area contributed by atoms with Crippen molar-refractivity contribution in [3.8, 4) is 11.5 Å². The normalized spacial score (nSPS) is 10.3. The van der Waals surface area contributed by atoms with Crippen LogP contribution in [0.2, 0.25) is 0 Å². The molecule has 76 valence electrons. The molecule has 2 N–H and O–H groups in total. The van der Waals surface area contributed by atoms with Crippen molar-refractivity contribution in [2.75, 3.05) is 5.73 Å². The molecule has 2 heterocycles. The van der Waals surface area contributed by atoms with Gasteiger partial charge in [0.15, 0.2) is 5.82 Å². The van der Waals surface area contributed by atoms with E-state index in [0.717, 1.165) is 9.26 Å². The number of anilines is 1. The topological polar surface area (TPSA) is 77.6 Å². The van der Waals surface area contributed by atoms with Crippen LogP contribution < -0.4 is 5.73 Å². The van der Waals surface area contributed by atoms with E-state index in [9.17, 15) is 0 Å². The van der Waals surface area contributed by atoms with E-state index in [-0.39, 0.29) is 0 Å². The summed E-state index contributed by atoms with van der Waals surface area (Å²) in [6.45, 7) is 1.89. The third-order valence-corrected chi connectivity index (χ3v) is 3.17. The lowest BCUT2D eigenvalue weighted by molar-refractivity contribution is 1.07. The van der Waals surface area contributed by atoms with Crippen LogP contribution in [0.25, 0.3) is 11.5 Å². The van der Waals surface area contributed by atoms with Gasteiger partial charge in [-0.2, -0.15) is 0 Å². The number of aryl methyl sites for hydroxylation is 1. The second-order valence-corrected chi connectivity index (χ2v) is 4.00. The maximum absolute atomic E-state index is 5.75. The van der Waals surface area contributed by atoms with Gasteiger partial charge in [0.05, 0.1) is 15.5 Å². The fraction of sp³-hybridized carbons (Fsp3) is 0.111. The van der Waals surface area contributed by atoms with Crippen LogP contribution in [-0.2, 0) is 0 Å². The molecule has 0 unspecified atom stereocenters. The first-order valence-electron chi connectivity index (χ1n) is 4.24. The van der Waals surface area contributed by atoms with Gasteiger partial charge < -0.3 is 5.73 Å². The highest BCUT2D eigenvalue weighted by molar-refractivity contribution is 14.1. The van der Waals surface area contributed by atoms with Crippen LogP contribution in [0.3, 0.4) is 0 Å². The molecule has 0 spiro atoms. The van der Waals surface area contributed by atoms with E-state index in [0.29, 0.717) is 17.3 Å². The standard InChI is InChI=1S/C9H8IN5/c1-5-7(10)8(11)15-9(14-5)6-4-12-2-3-13-6/h2-4H,1H3,(H2,11,14,15). The molecule has 15 heavy (non-hydrogen) atoms. The fourth-order valence-electron chi connectivity index (χ4n) is 1.11. The summed E-state index contributed by atoms with van der Waals surface area (Å²) in [4.78, 5) is 16.5. The average Bonchev–Trinajstić information content (AvgIpc) is 2.26. The minimum absolute atomic E-state index is 0.476. The van der Waals surface area contributed by atoms with Gasteiger partial charge in [-0.1, -0.05) is 0 Å². The van der Waals surface area contributed by atoms with E-state index in [4.69, 9.17) is 5.73 Å². The van der Waals surface area contributed by atoms with Crippen molar-refractivity contribution in [3.63, 3.8) is 0 Å². The molecular weight excluding hydrogens is 305 g/mol. The second-order valence-electron chi connectivity index (χ2n) is 2.92. The summed E-state index contributed by atoms with van der Waals surface area (Å²) in [6.07, 6.45) is 4.82. The van der Waals surface area contributed by atoms with Crippen LogP contribution in [0.4, 0.5) is 5.82 Å². The lowest BCUT2D eigenvalue weighted by Crippen LogP contribution is -2.02. The minimum Gasteiger partial charge on any atom is -0.383 e. The number of halogens is 1. The van der Waals surface area contributed by atoms with E-state index in [2.05, 4.69) is 42.5 Å². The molecule has 2 aromatic heterocycles. The van der Waals surface area contributed by atoms with E-state index in [1.54, 1.807) is 18.6 Å². The molecular formula is C9H8IN5. The van der Waals surface area contributed by atoms with Gasteiger partial charge in [-0.05, 0) is 29.5 Å². The Morgan fingerprint density at radius 1 is 1.27 bits per heavy atom. The second kappa shape index (κ2) is 4.05. The van der Waals surface area contributed by atoms with Gasteiger partial charge in [-0.15, -0.1) is 0 Å². The Morgan fingerprint density at radius 2 is 2.07 bits per heavy atom. The van der Waals surface area contributed by atoms with Crippen molar-refractivity contribution < 1.29 is 0 Å². The van der Waals surface area contributed by atoms with Crippen LogP contribution >= 0.6 is 22.6 Å². The molecule has 0 saturated heterocycles. The van der Waals surface area contributed by atoms with Crippen LogP contribution in [0.1, 0.15) is 5.69 Å². The Kier molecular flexibility index (Phi) is 2.76. The molecule has 0 aliphatic rings. The van der Waals surface area contributed by atoms with Crippen molar-refractivity contribution in [2.45, 2.75) is 6.92 Å². The molecule has 0 radical (unpaired) electrons. The van der Waals surface area contributed by atoms with Gasteiger partial charge in [0.1, 0.15) is 11.5 Å². The summed E-state index contributed by atoms with van der Waals surface area (Å²) in [7, 11) is 0. The third kappa shape index (κ3) is 2.04. The SMILES string of the molecule is Cc1nc(-c2cnccn2)nc(N)c1I. The maximum atomic E-state index is 5.75. The Morgan fingerprint density at radius 3 is 2.67 bits per heavy atom. The van der Waals surface area contributed by atoms with Crippen LogP contribution in [0, 0.1) is 10.5 Å². The highest BCUT2D eigenvalue weighted by Crippen LogP contribution is 2.19. The van der Waals surface area contributed by atoms with Crippen molar-refractivity contribution >= 4 is 28.4 Å². The van der Waals surface area contributed by atoms with Crippen molar-refractivity contribution in [2.24, 2.45) is 0 Å². The number of hydrogen-bond donors (Lipinski definition) is 1. The van der Waals surface area contributed by atoms with Gasteiger partial charge in [0.2, 0.25) is 0 Å². The zero-order chi connectivity index (χ0) is 10.8. The molecule has 0 bridgehead atoms. The predicted molar refractivity (Wildman–Crippen MR) is 64.9 cm³/mol. The van der Waals surface area contributed by atoms with Crippen molar-refractivity contribution in [3.05, 3.63) is 27.9 Å². The van der Waals surface area contributed by atoms with E-state index in [1.165, 1.54) is 0 Å². The predicted octanol–water partition coefficient (Wildman–Crippen LogP) is 1.43. The summed E-state index contributed by atoms with van der Waals surface area (Å²) >= 11 is 2.12. The number of nitrogens with two attached hydrogens (primary N) is 1. The highest BCUT2D eigenvalue weighted by Gasteiger charge is 2.08. The summed E-state index contributed by atoms with van der Waals surface area (Å²) in [5.41, 5.74) is 7.23. The maximum Gasteiger partial charge on any atom is 0.182 e. The van der Waals surface area contributed by atoms with Gasteiger partial charge in [-0.25, -0.2) is 15.0 Å². The molecule has 0 atom stereocenters. The number of nitrogens with zero attached hydrogens (tertiary/aromatic N) is 4. The first-order valence-corrected chi connectivity index (χ1v) is 5.32. The quantitative estimate of drug-likeness (QED) is 0.806. The minimum atomic E-state index is 0.476. The lowest BCUT2D eigenvalue weighted by atomic mass is 10.3. The molecule has 0 aliphatic heterocycles. The number of aromatic nitrogens is 4. The fourth-order valence-corrected chi connectivity index (χ4v) is 1.35. The number of nitrogen functional groups attached to an aromatic ring is 1. The van der Waals surface area contributed by atoms with Crippen molar-refractivity contribution in [1.29, 1.82) is 0 Å². The summed E-state index contributed by atoms with van der Waals surface area (Å²) < 4.78 is 0.875. The van der Waals surface area contributed by atoms with Gasteiger partial charge in [0.25, 0.3) is 0 Å². The molecule has 0 aliphatic carbocycles. The zero-order valence-electron chi connectivity index (χ0n) is 7.98. The molecule has 0 aromatic carbocycles. The number of hydrogen-bond acceptors (Lipinski definition) is 5. The van der Waals surface area contributed by atoms with Gasteiger partial charge in [0, 0.05) is 12.4 Å². The first kappa shape index (κ1) is 10.2. The molecule has 2 rings (SSSR count). The highest BCUT2D eigenvalue weighted by atomic mass is 127. The Hall–Kier alpha value is -1.31. The van der Waals surface area contributed by atoms with E-state index < -0.39 is 0 Å². The van der Waals surface area contributed by atoms with Crippen molar-refractivity contribution in [1.82, 2.24) is 19.9 Å². The summed E-state index contributed by atoms with van der Waals surface area (Å²) in [5, 5.41) is 0. The van der Waals surface area contributed by atoms with Gasteiger partial charge >= 0.3 is 0 Å². The first-order chi connectivity index (χ1) is 7.18. The number of rotatable bonds is 1. The average molecular weight is 313 g/mol. The lowest BCUT2D eigenvalue weighted by Gasteiger charge is -2.04. The molecule has 0 fully saturated rings. The molecule has 0 saturated carbocycles. The van der Waals surface area contributed by atoms with Crippen LogP contribution in [-0.4, -0.2) is 19.9 Å². The molecule has 0 amide bonds. The smallest absolute Gasteiger partial charge is 0.182 e. The monoisotopic (exact) mass is 313 g/mol. The summed E-state index contributed by atoms with van der Waals surface area (Å²) in [6, 6.07) is 0. The molecule has 6 heteroatoms. The third-order valence-electron chi connectivity index (χ3n) is 1.83. The largest absolute Gasteiger partial charge is 0.383 e. The van der Waals surface area contributed by atoms with Crippen LogP contribution in [0.5, 0.6) is 0 Å². The Balaban J connectivity index is 2.56.